The van der Waals surface area contributed by atoms with Crippen molar-refractivity contribution in [1.29, 1.82) is 0 Å². The number of nitrogens with zero attached hydrogens (tertiary/aromatic N) is 2. The van der Waals surface area contributed by atoms with E-state index in [2.05, 4.69) is 10.6 Å². The molecule has 0 aromatic heterocycles. The van der Waals surface area contributed by atoms with Gasteiger partial charge in [0, 0.05) is 38.6 Å². The van der Waals surface area contributed by atoms with Crippen LogP contribution in [0.25, 0.3) is 0 Å². The predicted octanol–water partition coefficient (Wildman–Crippen LogP) is 3.83. The Hall–Kier alpha value is -2.45. The van der Waals surface area contributed by atoms with E-state index >= 15 is 0 Å². The van der Waals surface area contributed by atoms with Crippen molar-refractivity contribution in [3.05, 3.63) is 23.8 Å². The summed E-state index contributed by atoms with van der Waals surface area (Å²) in [5, 5.41) is 5.31. The molecule has 6 nitrogen and oxygen atoms in total. The summed E-state index contributed by atoms with van der Waals surface area (Å²) in [6, 6.07) is 2.56. The standard InChI is InChI=1S/C20H27F3N4O2/c1-14(13-27-11-5-6-18(27)28)24-19(29)25-16-12-15(20(21,22)23)7-8-17(16)26-9-3-2-4-10-26/h7-8,12,14H,2-6,9-11,13H2,1H3,(H2,24,25,29)/t14-/m1/s1. The number of likely N-dealkylation sites (tertiary alicyclic amines) is 1. The zero-order valence-electron chi connectivity index (χ0n) is 16.5. The van der Waals surface area contributed by atoms with Crippen LogP contribution in [0.2, 0.25) is 0 Å². The van der Waals surface area contributed by atoms with Gasteiger partial charge in [-0.15, -0.1) is 0 Å². The number of urea groups is 1. The lowest BCUT2D eigenvalue weighted by Crippen LogP contribution is -2.44. The maximum Gasteiger partial charge on any atom is 0.416 e. The fourth-order valence-electron chi connectivity index (χ4n) is 3.88. The van der Waals surface area contributed by atoms with Crippen molar-refractivity contribution in [3.63, 3.8) is 0 Å². The molecule has 29 heavy (non-hydrogen) atoms. The van der Waals surface area contributed by atoms with Gasteiger partial charge in [0.25, 0.3) is 0 Å². The monoisotopic (exact) mass is 412 g/mol. The summed E-state index contributed by atoms with van der Waals surface area (Å²) in [7, 11) is 0. The van der Waals surface area contributed by atoms with Crippen LogP contribution >= 0.6 is 0 Å². The molecule has 2 saturated heterocycles. The highest BCUT2D eigenvalue weighted by atomic mass is 19.4. The Bertz CT molecular complexity index is 748. The van der Waals surface area contributed by atoms with Crippen molar-refractivity contribution in [1.82, 2.24) is 10.2 Å². The van der Waals surface area contributed by atoms with E-state index in [1.807, 2.05) is 4.90 Å². The fraction of sp³-hybridized carbons (Fsp3) is 0.600. The zero-order chi connectivity index (χ0) is 21.0. The van der Waals surface area contributed by atoms with Crippen molar-refractivity contribution in [2.75, 3.05) is 36.4 Å². The van der Waals surface area contributed by atoms with Crippen LogP contribution in [0.15, 0.2) is 18.2 Å². The molecule has 0 unspecified atom stereocenters. The van der Waals surface area contributed by atoms with E-state index in [1.165, 1.54) is 6.07 Å². The molecular weight excluding hydrogens is 385 g/mol. The summed E-state index contributed by atoms with van der Waals surface area (Å²) < 4.78 is 39.5. The third kappa shape index (κ3) is 5.55. The highest BCUT2D eigenvalue weighted by Crippen LogP contribution is 2.36. The normalized spacial score (nSPS) is 18.7. The summed E-state index contributed by atoms with van der Waals surface area (Å²) >= 11 is 0. The number of carbonyl (C=O) groups excluding carboxylic acids is 2. The molecule has 160 valence electrons. The number of anilines is 2. The van der Waals surface area contributed by atoms with Gasteiger partial charge in [-0.2, -0.15) is 13.2 Å². The van der Waals surface area contributed by atoms with E-state index in [4.69, 9.17) is 0 Å². The third-order valence-electron chi connectivity index (χ3n) is 5.31. The van der Waals surface area contributed by atoms with Crippen LogP contribution in [0.5, 0.6) is 0 Å². The first-order chi connectivity index (χ1) is 13.7. The summed E-state index contributed by atoms with van der Waals surface area (Å²) in [6.07, 6.45) is -0.144. The minimum Gasteiger partial charge on any atom is -0.370 e. The molecule has 0 bridgehead atoms. The molecule has 9 heteroatoms. The van der Waals surface area contributed by atoms with Crippen LogP contribution in [0.1, 0.15) is 44.6 Å². The maximum absolute atomic E-state index is 13.2. The molecule has 0 aliphatic carbocycles. The van der Waals surface area contributed by atoms with E-state index in [0.717, 1.165) is 50.9 Å². The summed E-state index contributed by atoms with van der Waals surface area (Å²) in [5.41, 5.74) is -0.0665. The molecule has 1 atom stereocenters. The molecule has 3 amide bonds. The maximum atomic E-state index is 13.2. The lowest BCUT2D eigenvalue weighted by atomic mass is 10.1. The Morgan fingerprint density at radius 2 is 1.86 bits per heavy atom. The van der Waals surface area contributed by atoms with Gasteiger partial charge in [-0.05, 0) is 50.8 Å². The summed E-state index contributed by atoms with van der Waals surface area (Å²) in [5.74, 6) is 0.0596. The highest BCUT2D eigenvalue weighted by molar-refractivity contribution is 5.93. The second kappa shape index (κ2) is 8.92. The van der Waals surface area contributed by atoms with Gasteiger partial charge in [-0.1, -0.05) is 0 Å². The first-order valence-electron chi connectivity index (χ1n) is 10.1. The van der Waals surface area contributed by atoms with E-state index < -0.39 is 17.8 Å². The topological polar surface area (TPSA) is 64.7 Å². The van der Waals surface area contributed by atoms with Gasteiger partial charge in [-0.25, -0.2) is 4.79 Å². The molecule has 1 aromatic rings. The third-order valence-corrected chi connectivity index (χ3v) is 5.31. The number of hydrogen-bond donors (Lipinski definition) is 2. The molecule has 1 aromatic carbocycles. The van der Waals surface area contributed by atoms with Crippen molar-refractivity contribution in [3.8, 4) is 0 Å². The lowest BCUT2D eigenvalue weighted by Gasteiger charge is -2.31. The number of piperidine rings is 1. The first-order valence-corrected chi connectivity index (χ1v) is 10.1. The summed E-state index contributed by atoms with van der Waals surface area (Å²) in [4.78, 5) is 27.9. The molecule has 0 radical (unpaired) electrons. The minimum absolute atomic E-state index is 0.0596. The molecule has 2 heterocycles. The highest BCUT2D eigenvalue weighted by Gasteiger charge is 2.32. The van der Waals surface area contributed by atoms with Gasteiger partial charge in [0.1, 0.15) is 0 Å². The van der Waals surface area contributed by atoms with Crippen LogP contribution in [0, 0.1) is 0 Å². The molecule has 2 aliphatic heterocycles. The number of carbonyl (C=O) groups is 2. The molecule has 0 saturated carbocycles. The first kappa shape index (κ1) is 21.3. The second-order valence-electron chi connectivity index (χ2n) is 7.72. The molecule has 0 spiro atoms. The van der Waals surface area contributed by atoms with E-state index in [1.54, 1.807) is 11.8 Å². The number of alkyl halides is 3. The van der Waals surface area contributed by atoms with Crippen LogP contribution in [-0.4, -0.2) is 49.1 Å². The van der Waals surface area contributed by atoms with Gasteiger partial charge >= 0.3 is 12.2 Å². The Labute approximate surface area is 168 Å². The van der Waals surface area contributed by atoms with E-state index in [9.17, 15) is 22.8 Å². The van der Waals surface area contributed by atoms with Crippen LogP contribution < -0.4 is 15.5 Å². The van der Waals surface area contributed by atoms with Gasteiger partial charge < -0.3 is 20.4 Å². The largest absolute Gasteiger partial charge is 0.416 e. The smallest absolute Gasteiger partial charge is 0.370 e. The number of amides is 3. The molecule has 3 rings (SSSR count). The van der Waals surface area contributed by atoms with Gasteiger partial charge in [-0.3, -0.25) is 4.79 Å². The Morgan fingerprint density at radius 1 is 1.14 bits per heavy atom. The Balaban J connectivity index is 1.71. The van der Waals surface area contributed by atoms with Crippen molar-refractivity contribution in [2.45, 2.75) is 51.2 Å². The summed E-state index contributed by atoms with van der Waals surface area (Å²) in [6.45, 7) is 4.31. The average Bonchev–Trinajstić information content (AvgIpc) is 3.06. The van der Waals surface area contributed by atoms with Crippen molar-refractivity contribution in [2.24, 2.45) is 0 Å². The van der Waals surface area contributed by atoms with Crippen LogP contribution in [0.4, 0.5) is 29.3 Å². The number of benzene rings is 1. The lowest BCUT2D eigenvalue weighted by molar-refractivity contribution is -0.137. The zero-order valence-corrected chi connectivity index (χ0v) is 16.5. The van der Waals surface area contributed by atoms with E-state index in [0.29, 0.717) is 25.2 Å². The number of nitrogens with one attached hydrogen (secondary N) is 2. The van der Waals surface area contributed by atoms with Crippen LogP contribution in [0.3, 0.4) is 0 Å². The Morgan fingerprint density at radius 3 is 2.48 bits per heavy atom. The molecule has 2 N–H and O–H groups in total. The average molecular weight is 412 g/mol. The second-order valence-corrected chi connectivity index (χ2v) is 7.72. The van der Waals surface area contributed by atoms with Crippen molar-refractivity contribution < 1.29 is 22.8 Å². The number of hydrogen-bond acceptors (Lipinski definition) is 3. The number of rotatable bonds is 5. The molecule has 2 aliphatic rings. The van der Waals surface area contributed by atoms with E-state index in [-0.39, 0.29) is 17.6 Å². The quantitative estimate of drug-likeness (QED) is 0.773. The van der Waals surface area contributed by atoms with Gasteiger partial charge in [0.05, 0.1) is 16.9 Å². The Kier molecular flexibility index (Phi) is 6.54. The predicted molar refractivity (Wildman–Crippen MR) is 105 cm³/mol. The van der Waals surface area contributed by atoms with Gasteiger partial charge in [0.15, 0.2) is 0 Å². The number of halogens is 3. The minimum atomic E-state index is -4.49. The van der Waals surface area contributed by atoms with Crippen LogP contribution in [-0.2, 0) is 11.0 Å². The van der Waals surface area contributed by atoms with Gasteiger partial charge in [0.2, 0.25) is 5.91 Å². The SMILES string of the molecule is C[C@H](CN1CCCC1=O)NC(=O)Nc1cc(C(F)(F)F)ccc1N1CCCCC1. The fourth-order valence-corrected chi connectivity index (χ4v) is 3.88. The molecular formula is C20H27F3N4O2. The molecule has 2 fully saturated rings. The van der Waals surface area contributed by atoms with Crippen molar-refractivity contribution >= 4 is 23.3 Å².